The molecule has 6 heteroatoms. The van der Waals surface area contributed by atoms with Crippen molar-refractivity contribution in [3.63, 3.8) is 0 Å². The maximum absolute atomic E-state index is 11.4. The van der Waals surface area contributed by atoms with Crippen LogP contribution in [-0.4, -0.2) is 23.3 Å². The largest absolute Gasteiger partial charge is 0.466 e. The Morgan fingerprint density at radius 3 is 2.79 bits per heavy atom. The van der Waals surface area contributed by atoms with Gasteiger partial charge in [0.15, 0.2) is 5.78 Å². The third kappa shape index (κ3) is 5.12. The predicted octanol–water partition coefficient (Wildman–Crippen LogP) is 2.13. The van der Waals surface area contributed by atoms with Gasteiger partial charge in [-0.05, 0) is 18.6 Å². The van der Waals surface area contributed by atoms with Crippen molar-refractivity contribution in [2.45, 2.75) is 13.3 Å². The zero-order valence-electron chi connectivity index (χ0n) is 10.4. The molecule has 6 nitrogen and oxygen atoms in total. The van der Waals surface area contributed by atoms with Crippen LogP contribution in [0, 0.1) is 10.1 Å². The molecule has 1 aromatic rings. The van der Waals surface area contributed by atoms with E-state index >= 15 is 0 Å². The number of esters is 1. The van der Waals surface area contributed by atoms with Gasteiger partial charge in [0.25, 0.3) is 5.69 Å². The summed E-state index contributed by atoms with van der Waals surface area (Å²) in [4.78, 5) is 32.5. The molecule has 1 aromatic carbocycles. The molecular formula is C13H13NO5. The third-order valence-corrected chi connectivity index (χ3v) is 2.17. The molecule has 0 bridgehead atoms. The fraction of sp³-hybridized carbons (Fsp3) is 0.231. The summed E-state index contributed by atoms with van der Waals surface area (Å²) in [5, 5.41) is 10.6. The van der Waals surface area contributed by atoms with Crippen molar-refractivity contribution >= 4 is 23.5 Å². The molecule has 1 rings (SSSR count). The van der Waals surface area contributed by atoms with Crippen molar-refractivity contribution < 1.29 is 19.2 Å². The van der Waals surface area contributed by atoms with E-state index in [0.717, 1.165) is 0 Å². The monoisotopic (exact) mass is 263 g/mol. The number of nitro benzene ring substituents is 1. The minimum atomic E-state index is -0.587. The first kappa shape index (κ1) is 14.6. The maximum atomic E-state index is 11.4. The van der Waals surface area contributed by atoms with Crippen molar-refractivity contribution in [3.8, 4) is 0 Å². The smallest absolute Gasteiger partial charge is 0.313 e. The summed E-state index contributed by atoms with van der Waals surface area (Å²) in [6.45, 7) is 1.88. The van der Waals surface area contributed by atoms with Gasteiger partial charge >= 0.3 is 5.97 Å². The van der Waals surface area contributed by atoms with Crippen LogP contribution in [0.5, 0.6) is 0 Å². The number of hydrogen-bond donors (Lipinski definition) is 0. The highest BCUT2D eigenvalue weighted by atomic mass is 16.6. The first-order chi connectivity index (χ1) is 9.02. The van der Waals surface area contributed by atoms with Crippen LogP contribution in [0.3, 0.4) is 0 Å². The van der Waals surface area contributed by atoms with E-state index < -0.39 is 16.7 Å². The number of carbonyl (C=O) groups excluding carboxylic acids is 2. The average molecular weight is 263 g/mol. The number of nitro groups is 1. The second-order valence-electron chi connectivity index (χ2n) is 3.63. The number of allylic oxidation sites excluding steroid dienone is 1. The molecule has 0 radical (unpaired) electrons. The molecule has 0 saturated heterocycles. The number of nitrogens with zero attached hydrogens (tertiary/aromatic N) is 1. The zero-order chi connectivity index (χ0) is 14.3. The lowest BCUT2D eigenvalue weighted by Crippen LogP contribution is -2.08. The van der Waals surface area contributed by atoms with Gasteiger partial charge in [0.1, 0.15) is 6.42 Å². The Labute approximate surface area is 109 Å². The van der Waals surface area contributed by atoms with E-state index in [0.29, 0.717) is 5.56 Å². The van der Waals surface area contributed by atoms with Gasteiger partial charge in [0, 0.05) is 12.1 Å². The summed E-state index contributed by atoms with van der Waals surface area (Å²) < 4.78 is 4.63. The number of carbonyl (C=O) groups is 2. The fourth-order valence-electron chi connectivity index (χ4n) is 1.34. The topological polar surface area (TPSA) is 86.5 Å². The van der Waals surface area contributed by atoms with E-state index in [1.165, 1.54) is 30.4 Å². The van der Waals surface area contributed by atoms with E-state index in [2.05, 4.69) is 4.74 Å². The van der Waals surface area contributed by atoms with Crippen molar-refractivity contribution in [2.75, 3.05) is 6.61 Å². The van der Waals surface area contributed by atoms with Crippen LogP contribution >= 0.6 is 0 Å². The highest BCUT2D eigenvalue weighted by Gasteiger charge is 2.07. The molecule has 0 aliphatic carbocycles. The molecule has 0 aromatic heterocycles. The first-order valence-corrected chi connectivity index (χ1v) is 5.64. The summed E-state index contributed by atoms with van der Waals surface area (Å²) >= 11 is 0. The van der Waals surface area contributed by atoms with Gasteiger partial charge in [-0.1, -0.05) is 18.2 Å². The van der Waals surface area contributed by atoms with Crippen LogP contribution in [0.1, 0.15) is 18.9 Å². The Morgan fingerprint density at radius 1 is 1.42 bits per heavy atom. The van der Waals surface area contributed by atoms with Crippen LogP contribution in [-0.2, 0) is 14.3 Å². The lowest BCUT2D eigenvalue weighted by atomic mass is 10.1. The van der Waals surface area contributed by atoms with Gasteiger partial charge < -0.3 is 4.74 Å². The minimum absolute atomic E-state index is 0.0556. The highest BCUT2D eigenvalue weighted by Crippen LogP contribution is 2.14. The van der Waals surface area contributed by atoms with Gasteiger partial charge in [-0.2, -0.15) is 0 Å². The van der Waals surface area contributed by atoms with E-state index in [1.54, 1.807) is 13.0 Å². The number of hydrogen-bond acceptors (Lipinski definition) is 5. The lowest BCUT2D eigenvalue weighted by Gasteiger charge is -1.98. The summed E-state index contributed by atoms with van der Waals surface area (Å²) in [7, 11) is 0. The van der Waals surface area contributed by atoms with E-state index in [4.69, 9.17) is 0 Å². The molecule has 0 saturated carbocycles. The van der Waals surface area contributed by atoms with Crippen molar-refractivity contribution in [1.82, 2.24) is 0 Å². The second kappa shape index (κ2) is 7.05. The number of ether oxygens (including phenoxy) is 1. The molecule has 100 valence electrons. The first-order valence-electron chi connectivity index (χ1n) is 5.64. The summed E-state index contributed by atoms with van der Waals surface area (Å²) in [6, 6.07) is 5.85. The third-order valence-electron chi connectivity index (χ3n) is 2.17. The van der Waals surface area contributed by atoms with Crippen LogP contribution in [0.15, 0.2) is 30.3 Å². The van der Waals surface area contributed by atoms with Gasteiger partial charge in [-0.3, -0.25) is 19.7 Å². The van der Waals surface area contributed by atoms with Crippen molar-refractivity contribution in [3.05, 3.63) is 46.0 Å². The normalized spacial score (nSPS) is 10.4. The lowest BCUT2D eigenvalue weighted by molar-refractivity contribution is -0.384. The van der Waals surface area contributed by atoms with Crippen molar-refractivity contribution in [2.24, 2.45) is 0 Å². The number of rotatable bonds is 6. The van der Waals surface area contributed by atoms with E-state index in [9.17, 15) is 19.7 Å². The molecule has 0 aliphatic rings. The molecule has 0 amide bonds. The number of non-ortho nitro benzene ring substituents is 1. The quantitative estimate of drug-likeness (QED) is 0.258. The molecule has 0 heterocycles. The van der Waals surface area contributed by atoms with Gasteiger partial charge in [0.05, 0.1) is 11.5 Å². The molecule has 19 heavy (non-hydrogen) atoms. The van der Waals surface area contributed by atoms with Crippen LogP contribution in [0.2, 0.25) is 0 Å². The molecular weight excluding hydrogens is 250 g/mol. The highest BCUT2D eigenvalue weighted by molar-refractivity contribution is 6.03. The summed E-state index contributed by atoms with van der Waals surface area (Å²) in [5.74, 6) is -0.999. The van der Waals surface area contributed by atoms with Gasteiger partial charge in [-0.15, -0.1) is 0 Å². The Hall–Kier alpha value is -2.50. The van der Waals surface area contributed by atoms with Crippen LogP contribution in [0.25, 0.3) is 6.08 Å². The minimum Gasteiger partial charge on any atom is -0.466 e. The summed E-state index contributed by atoms with van der Waals surface area (Å²) in [6.07, 6.45) is 2.30. The molecule has 0 unspecified atom stereocenters. The SMILES string of the molecule is CCOC(=O)CC(=O)/C=C\c1cccc([N+](=O)[O-])c1. The fourth-order valence-corrected chi connectivity index (χ4v) is 1.34. The molecule has 0 spiro atoms. The Balaban J connectivity index is 2.66. The molecule has 0 atom stereocenters. The van der Waals surface area contributed by atoms with Gasteiger partial charge in [0.2, 0.25) is 0 Å². The number of ketones is 1. The summed E-state index contributed by atoms with van der Waals surface area (Å²) in [5.41, 5.74) is 0.464. The zero-order valence-corrected chi connectivity index (χ0v) is 10.4. The van der Waals surface area contributed by atoms with Crippen LogP contribution < -0.4 is 0 Å². The van der Waals surface area contributed by atoms with Crippen LogP contribution in [0.4, 0.5) is 5.69 Å². The second-order valence-corrected chi connectivity index (χ2v) is 3.63. The predicted molar refractivity (Wildman–Crippen MR) is 68.4 cm³/mol. The van der Waals surface area contributed by atoms with E-state index in [1.807, 2.05) is 0 Å². The molecule has 0 N–H and O–H groups in total. The molecule has 0 fully saturated rings. The average Bonchev–Trinajstić information content (AvgIpc) is 2.37. The molecule has 0 aliphatic heterocycles. The Morgan fingerprint density at radius 2 is 2.16 bits per heavy atom. The number of benzene rings is 1. The van der Waals surface area contributed by atoms with Gasteiger partial charge in [-0.25, -0.2) is 0 Å². The van der Waals surface area contributed by atoms with Crippen molar-refractivity contribution in [1.29, 1.82) is 0 Å². The Bertz CT molecular complexity index is 522. The van der Waals surface area contributed by atoms with E-state index in [-0.39, 0.29) is 18.7 Å². The maximum Gasteiger partial charge on any atom is 0.313 e. The Kier molecular flexibility index (Phi) is 5.40. The standard InChI is InChI=1S/C13H13NO5/c1-2-19-13(16)9-12(15)7-6-10-4-3-5-11(8-10)14(17)18/h3-8H,2,9H2,1H3/b7-6-.